The molecule has 2 atom stereocenters. The van der Waals surface area contributed by atoms with Crippen molar-refractivity contribution in [2.24, 2.45) is 5.41 Å². The molecule has 0 aromatic heterocycles. The van der Waals surface area contributed by atoms with Crippen molar-refractivity contribution in [2.45, 2.75) is 70.2 Å². The minimum Gasteiger partial charge on any atom is -0.444 e. The number of fused-ring (bicyclic) bond motifs is 2. The van der Waals surface area contributed by atoms with Gasteiger partial charge in [-0.25, -0.2) is 9.59 Å². The first-order valence-corrected chi connectivity index (χ1v) is 11.7. The molecule has 4 aliphatic rings. The monoisotopic (exact) mass is 460 g/mol. The van der Waals surface area contributed by atoms with E-state index < -0.39 is 34.1 Å². The van der Waals surface area contributed by atoms with Gasteiger partial charge >= 0.3 is 22.5 Å². The van der Waals surface area contributed by atoms with Gasteiger partial charge in [0.1, 0.15) is 11.6 Å². The van der Waals surface area contributed by atoms with Crippen molar-refractivity contribution in [1.29, 1.82) is 0 Å². The highest BCUT2D eigenvalue weighted by atomic mass is 32.3. The molecule has 3 heterocycles. The molecular weight excluding hydrogens is 432 g/mol. The van der Waals surface area contributed by atoms with Gasteiger partial charge in [0.15, 0.2) is 0 Å². The second-order valence-electron chi connectivity index (χ2n) is 9.96. The largest absolute Gasteiger partial charge is 0.444 e. The lowest BCUT2D eigenvalue weighted by atomic mass is 9.60. The molecule has 0 aromatic rings. The van der Waals surface area contributed by atoms with Gasteiger partial charge in [-0.1, -0.05) is 0 Å². The maximum absolute atomic E-state index is 12.8. The highest BCUT2D eigenvalue weighted by molar-refractivity contribution is 7.80. The van der Waals surface area contributed by atoms with Crippen LogP contribution in [0.5, 0.6) is 0 Å². The second kappa shape index (κ2) is 7.20. The fourth-order valence-corrected chi connectivity index (χ4v) is 5.35. The van der Waals surface area contributed by atoms with E-state index in [4.69, 9.17) is 9.29 Å². The fraction of sp³-hybridized carbons (Fsp3) is 0.833. The van der Waals surface area contributed by atoms with E-state index >= 15 is 0 Å². The summed E-state index contributed by atoms with van der Waals surface area (Å²) < 4.78 is 40.5. The van der Waals surface area contributed by atoms with Gasteiger partial charge in [-0.05, 0) is 46.5 Å². The van der Waals surface area contributed by atoms with E-state index in [0.29, 0.717) is 31.0 Å². The molecule has 13 heteroatoms. The third kappa shape index (κ3) is 4.44. The average molecular weight is 461 g/mol. The SMILES string of the molecule is CC(C)(C)OC(=O)N1CC2(CC(NC(=O)[C@@H]3CC[C@@H]4CN3C(=O)N4OS(=O)(=O)O)C2)C1. The second-order valence-corrected chi connectivity index (χ2v) is 11.0. The molecule has 3 saturated heterocycles. The molecule has 2 bridgehead atoms. The van der Waals surface area contributed by atoms with Crippen molar-refractivity contribution < 1.29 is 36.4 Å². The summed E-state index contributed by atoms with van der Waals surface area (Å²) in [7, 11) is -4.82. The number of rotatable bonds is 4. The number of amides is 4. The number of nitrogens with one attached hydrogen (secondary N) is 1. The third-order valence-electron chi connectivity index (χ3n) is 6.21. The van der Waals surface area contributed by atoms with Crippen LogP contribution in [0.25, 0.3) is 0 Å². The number of urea groups is 1. The van der Waals surface area contributed by atoms with Crippen LogP contribution < -0.4 is 5.32 Å². The summed E-state index contributed by atoms with van der Waals surface area (Å²) in [5.41, 5.74) is -0.528. The van der Waals surface area contributed by atoms with E-state index in [1.54, 1.807) is 4.90 Å². The summed E-state index contributed by atoms with van der Waals surface area (Å²) in [5, 5.41) is 3.59. The summed E-state index contributed by atoms with van der Waals surface area (Å²) >= 11 is 0. The van der Waals surface area contributed by atoms with Crippen LogP contribution in [0, 0.1) is 5.41 Å². The average Bonchev–Trinajstić information content (AvgIpc) is 2.77. The van der Waals surface area contributed by atoms with Gasteiger partial charge < -0.3 is 19.9 Å². The van der Waals surface area contributed by atoms with E-state index in [1.807, 2.05) is 20.8 Å². The van der Waals surface area contributed by atoms with Crippen molar-refractivity contribution in [1.82, 2.24) is 20.2 Å². The number of carbonyl (C=O) groups is 3. The van der Waals surface area contributed by atoms with Crippen molar-refractivity contribution in [3.8, 4) is 0 Å². The third-order valence-corrected chi connectivity index (χ3v) is 6.56. The van der Waals surface area contributed by atoms with Crippen LogP contribution in [0.1, 0.15) is 46.5 Å². The van der Waals surface area contributed by atoms with E-state index in [-0.39, 0.29) is 30.0 Å². The Morgan fingerprint density at radius 1 is 1.19 bits per heavy atom. The molecule has 0 aromatic carbocycles. The van der Waals surface area contributed by atoms with Gasteiger partial charge in [-0.2, -0.15) is 13.5 Å². The molecule has 174 valence electrons. The maximum Gasteiger partial charge on any atom is 0.418 e. The zero-order chi connectivity index (χ0) is 22.8. The lowest BCUT2D eigenvalue weighted by molar-refractivity contribution is -0.131. The minimum atomic E-state index is -4.82. The number of hydroxylamine groups is 2. The molecule has 3 aliphatic heterocycles. The van der Waals surface area contributed by atoms with Gasteiger partial charge in [0.05, 0.1) is 6.04 Å². The highest BCUT2D eigenvalue weighted by Crippen LogP contribution is 2.48. The van der Waals surface area contributed by atoms with E-state index in [9.17, 15) is 22.8 Å². The summed E-state index contributed by atoms with van der Waals surface area (Å²) in [6, 6.07) is -2.03. The zero-order valence-electron chi connectivity index (χ0n) is 17.7. The van der Waals surface area contributed by atoms with Crippen LogP contribution in [0.2, 0.25) is 0 Å². The Kier molecular flexibility index (Phi) is 5.13. The van der Waals surface area contributed by atoms with E-state index in [0.717, 1.165) is 12.8 Å². The lowest BCUT2D eigenvalue weighted by Gasteiger charge is -2.58. The van der Waals surface area contributed by atoms with Crippen LogP contribution in [-0.4, -0.2) is 89.2 Å². The molecule has 0 unspecified atom stereocenters. The number of hydrogen-bond donors (Lipinski definition) is 2. The molecule has 0 radical (unpaired) electrons. The van der Waals surface area contributed by atoms with Gasteiger partial charge in [-0.3, -0.25) is 9.35 Å². The van der Waals surface area contributed by atoms with Crippen LogP contribution in [0.4, 0.5) is 9.59 Å². The van der Waals surface area contributed by atoms with Crippen LogP contribution >= 0.6 is 0 Å². The van der Waals surface area contributed by atoms with Crippen molar-refractivity contribution in [3.63, 3.8) is 0 Å². The number of ether oxygens (including phenoxy) is 1. The Morgan fingerprint density at radius 3 is 2.42 bits per heavy atom. The predicted molar refractivity (Wildman–Crippen MR) is 105 cm³/mol. The number of hydrogen-bond acceptors (Lipinski definition) is 7. The first-order chi connectivity index (χ1) is 14.3. The highest BCUT2D eigenvalue weighted by Gasteiger charge is 2.56. The molecule has 1 spiro atoms. The maximum atomic E-state index is 12.8. The molecule has 12 nitrogen and oxygen atoms in total. The summed E-state index contributed by atoms with van der Waals surface area (Å²) in [6.07, 6.45) is 1.93. The molecule has 31 heavy (non-hydrogen) atoms. The Bertz CT molecular complexity index is 887. The predicted octanol–water partition coefficient (Wildman–Crippen LogP) is 0.505. The number of piperidine rings is 1. The Labute approximate surface area is 180 Å². The van der Waals surface area contributed by atoms with Crippen molar-refractivity contribution in [3.05, 3.63) is 0 Å². The Morgan fingerprint density at radius 2 is 1.84 bits per heavy atom. The molecule has 2 N–H and O–H groups in total. The van der Waals surface area contributed by atoms with E-state index in [1.165, 1.54) is 4.90 Å². The van der Waals surface area contributed by atoms with Crippen LogP contribution in [0.3, 0.4) is 0 Å². The first kappa shape index (κ1) is 22.1. The zero-order valence-corrected chi connectivity index (χ0v) is 18.6. The summed E-state index contributed by atoms with van der Waals surface area (Å²) in [6.45, 7) is 6.83. The molecule has 4 rings (SSSR count). The molecule has 4 fully saturated rings. The Hall–Kier alpha value is -2.12. The first-order valence-electron chi connectivity index (χ1n) is 10.3. The molecular formula is C18H28N4O8S. The van der Waals surface area contributed by atoms with Crippen molar-refractivity contribution >= 4 is 28.4 Å². The summed E-state index contributed by atoms with van der Waals surface area (Å²) in [4.78, 5) is 40.2. The minimum absolute atomic E-state index is 0.0100. The van der Waals surface area contributed by atoms with Crippen LogP contribution in [0.15, 0.2) is 0 Å². The van der Waals surface area contributed by atoms with Gasteiger partial charge in [0, 0.05) is 31.1 Å². The Balaban J connectivity index is 1.25. The fourth-order valence-electron chi connectivity index (χ4n) is 4.97. The molecule has 1 saturated carbocycles. The van der Waals surface area contributed by atoms with Gasteiger partial charge in [-0.15, -0.1) is 4.28 Å². The standard InChI is InChI=1S/C18H28N4O8S/c1-17(2,3)29-16(25)20-9-18(10-20)6-11(7-18)19-14(23)13-5-4-12-8-21(13)15(24)22(12)30-31(26,27)28/h11-13H,4-10H2,1-3H3,(H,19,23)(H,26,27,28)/t12-,13+/m1/s1. The van der Waals surface area contributed by atoms with Crippen molar-refractivity contribution in [2.75, 3.05) is 19.6 Å². The number of likely N-dealkylation sites (tertiary alicyclic amines) is 1. The smallest absolute Gasteiger partial charge is 0.418 e. The normalized spacial score (nSPS) is 27.7. The quantitative estimate of drug-likeness (QED) is 0.577. The summed E-state index contributed by atoms with van der Waals surface area (Å²) in [5.74, 6) is -0.288. The van der Waals surface area contributed by atoms with Crippen LogP contribution in [-0.2, 0) is 24.2 Å². The van der Waals surface area contributed by atoms with Gasteiger partial charge in [0.2, 0.25) is 5.91 Å². The number of nitrogens with zero attached hydrogens (tertiary/aromatic N) is 3. The van der Waals surface area contributed by atoms with Gasteiger partial charge in [0.25, 0.3) is 0 Å². The molecule has 1 aliphatic carbocycles. The topological polar surface area (TPSA) is 146 Å². The lowest BCUT2D eigenvalue weighted by Crippen LogP contribution is -2.68. The van der Waals surface area contributed by atoms with E-state index in [2.05, 4.69) is 9.60 Å². The number of carbonyl (C=O) groups excluding carboxylic acids is 3. The molecule has 4 amide bonds.